The minimum atomic E-state index is -1.00. The van der Waals surface area contributed by atoms with Gasteiger partial charge in [0.25, 0.3) is 0 Å². The smallest absolute Gasteiger partial charge is 0.133 e. The van der Waals surface area contributed by atoms with Crippen molar-refractivity contribution in [2.75, 3.05) is 6.26 Å². The molecule has 2 N–H and O–H groups in total. The molecule has 0 bridgehead atoms. The lowest BCUT2D eigenvalue weighted by atomic mass is 10.1. The fraction of sp³-hybridized carbons (Fsp3) is 0.118. The largest absolute Gasteiger partial charge is 0.388 e. The summed E-state index contributed by atoms with van der Waals surface area (Å²) in [5.74, 6) is 0.521. The summed E-state index contributed by atoms with van der Waals surface area (Å²) in [5.41, 5.74) is 3.56. The van der Waals surface area contributed by atoms with Crippen molar-refractivity contribution in [1.29, 1.82) is 0 Å². The van der Waals surface area contributed by atoms with E-state index in [-0.39, 0.29) is 6.61 Å². The highest BCUT2D eigenvalue weighted by atomic mass is 32.2. The molecule has 118 valence electrons. The van der Waals surface area contributed by atoms with Gasteiger partial charge < -0.3 is 10.1 Å². The predicted octanol–water partition coefficient (Wildman–Crippen LogP) is 2.47. The zero-order chi connectivity index (χ0) is 16.4. The van der Waals surface area contributed by atoms with Crippen LogP contribution in [0, 0.1) is 0 Å². The van der Waals surface area contributed by atoms with Crippen LogP contribution in [0.1, 0.15) is 5.82 Å². The number of benzene rings is 2. The van der Waals surface area contributed by atoms with Crippen molar-refractivity contribution < 1.29 is 9.32 Å². The molecule has 0 fully saturated rings. The van der Waals surface area contributed by atoms with Crippen molar-refractivity contribution >= 4 is 25.3 Å². The molecule has 1 heterocycles. The average molecular weight is 344 g/mol. The zero-order valence-corrected chi connectivity index (χ0v) is 14.6. The Morgan fingerprint density at radius 2 is 1.70 bits per heavy atom. The predicted molar refractivity (Wildman–Crippen MR) is 97.1 cm³/mol. The Balaban J connectivity index is 2.09. The summed E-state index contributed by atoms with van der Waals surface area (Å²) in [7, 11) is 1.65. The van der Waals surface area contributed by atoms with Crippen molar-refractivity contribution in [2.24, 2.45) is 0 Å². The second-order valence-electron chi connectivity index (χ2n) is 5.17. The zero-order valence-electron chi connectivity index (χ0n) is 12.6. The minimum absolute atomic E-state index is 0.147. The highest BCUT2D eigenvalue weighted by molar-refractivity contribution is 7.84. The first kappa shape index (κ1) is 16.1. The summed E-state index contributed by atoms with van der Waals surface area (Å²) >= 11 is 0. The third-order valence-corrected chi connectivity index (χ3v) is 4.88. The summed E-state index contributed by atoms with van der Waals surface area (Å²) in [5, 5.41) is 10.5. The van der Waals surface area contributed by atoms with Gasteiger partial charge in [-0.15, -0.1) is 9.24 Å². The topological polar surface area (TPSA) is 66.0 Å². The molecule has 0 amide bonds. The van der Waals surface area contributed by atoms with E-state index >= 15 is 0 Å². The molecule has 2 aromatic carbocycles. The maximum absolute atomic E-state index is 11.5. The number of aliphatic hydroxyl groups is 1. The molecule has 0 saturated heterocycles. The van der Waals surface area contributed by atoms with Crippen LogP contribution in [0.4, 0.5) is 0 Å². The fourth-order valence-electron chi connectivity index (χ4n) is 2.37. The number of aliphatic hydroxyl groups excluding tert-OH is 1. The van der Waals surface area contributed by atoms with Crippen LogP contribution >= 0.6 is 9.24 Å². The molecule has 6 heteroatoms. The summed E-state index contributed by atoms with van der Waals surface area (Å²) in [4.78, 5) is 8.44. The summed E-state index contributed by atoms with van der Waals surface area (Å²) in [6.45, 7) is -0.147. The number of H-pyrrole nitrogens is 1. The van der Waals surface area contributed by atoms with Gasteiger partial charge in [0, 0.05) is 33.1 Å². The van der Waals surface area contributed by atoms with Crippen molar-refractivity contribution in [2.45, 2.75) is 11.5 Å². The average Bonchev–Trinajstić information content (AvgIpc) is 3.00. The number of imidazole rings is 1. The van der Waals surface area contributed by atoms with Crippen LogP contribution < -0.4 is 5.30 Å². The molecular weight excluding hydrogens is 327 g/mol. The van der Waals surface area contributed by atoms with Gasteiger partial charge >= 0.3 is 0 Å². The van der Waals surface area contributed by atoms with Gasteiger partial charge in [-0.05, 0) is 17.4 Å². The molecule has 4 nitrogen and oxygen atoms in total. The normalized spacial score (nSPS) is 12.3. The van der Waals surface area contributed by atoms with Crippen LogP contribution in [0.25, 0.3) is 22.5 Å². The lowest BCUT2D eigenvalue weighted by Crippen LogP contribution is -1.90. The molecule has 0 aliphatic heterocycles. The molecule has 2 atom stereocenters. The Labute approximate surface area is 139 Å². The molecule has 2 unspecified atom stereocenters. The highest BCUT2D eigenvalue weighted by Crippen LogP contribution is 2.30. The van der Waals surface area contributed by atoms with E-state index in [1.54, 1.807) is 6.26 Å². The second kappa shape index (κ2) is 6.75. The van der Waals surface area contributed by atoms with Crippen molar-refractivity contribution in [3.05, 3.63) is 54.4 Å². The molecule has 0 aliphatic carbocycles. The Bertz CT molecular complexity index is 842. The Hall–Kier alpha value is -1.81. The van der Waals surface area contributed by atoms with Gasteiger partial charge in [0.15, 0.2) is 0 Å². The maximum Gasteiger partial charge on any atom is 0.133 e. The van der Waals surface area contributed by atoms with E-state index in [2.05, 4.69) is 19.2 Å². The van der Waals surface area contributed by atoms with E-state index in [1.165, 1.54) is 0 Å². The van der Waals surface area contributed by atoms with Crippen LogP contribution in [-0.4, -0.2) is 25.5 Å². The molecule has 23 heavy (non-hydrogen) atoms. The van der Waals surface area contributed by atoms with Crippen molar-refractivity contribution in [1.82, 2.24) is 9.97 Å². The first-order chi connectivity index (χ1) is 11.1. The first-order valence-electron chi connectivity index (χ1n) is 7.08. The molecule has 0 spiro atoms. The van der Waals surface area contributed by atoms with E-state index < -0.39 is 10.8 Å². The molecular formula is C17H17N2O2PS. The Morgan fingerprint density at radius 1 is 1.09 bits per heavy atom. The van der Waals surface area contributed by atoms with Crippen LogP contribution in [-0.2, 0) is 17.4 Å². The van der Waals surface area contributed by atoms with Crippen LogP contribution in [0.15, 0.2) is 53.4 Å². The summed E-state index contributed by atoms with van der Waals surface area (Å²) < 4.78 is 11.5. The molecule has 0 radical (unpaired) electrons. The second-order valence-corrected chi connectivity index (χ2v) is 7.21. The van der Waals surface area contributed by atoms with Crippen molar-refractivity contribution in [3.63, 3.8) is 0 Å². The van der Waals surface area contributed by atoms with Gasteiger partial charge in [0.2, 0.25) is 0 Å². The SMILES string of the molecule is CS(=O)c1ccc(-c2[nH]c(CO)nc2-c2ccc(P)cc2)cc1. The van der Waals surface area contributed by atoms with Crippen LogP contribution in [0.2, 0.25) is 0 Å². The standard InChI is InChI=1S/C17H17N2O2PS/c1-23(21)14-8-4-12(5-9-14)17-16(18-15(10-20)19-17)11-2-6-13(22)7-3-11/h2-9,20H,10,22H2,1H3,(H,18,19). The quantitative estimate of drug-likeness (QED) is 0.715. The molecule has 0 saturated carbocycles. The van der Waals surface area contributed by atoms with E-state index in [1.807, 2.05) is 48.5 Å². The molecule has 3 rings (SSSR count). The highest BCUT2D eigenvalue weighted by Gasteiger charge is 2.14. The summed E-state index contributed by atoms with van der Waals surface area (Å²) in [6.07, 6.45) is 1.66. The van der Waals surface area contributed by atoms with Crippen LogP contribution in [0.3, 0.4) is 0 Å². The van der Waals surface area contributed by atoms with Gasteiger partial charge in [0.1, 0.15) is 12.4 Å². The number of aromatic nitrogens is 2. The Kier molecular flexibility index (Phi) is 4.71. The fourth-order valence-corrected chi connectivity index (χ4v) is 3.08. The number of nitrogens with zero attached hydrogens (tertiary/aromatic N) is 1. The minimum Gasteiger partial charge on any atom is -0.388 e. The molecule has 1 aromatic heterocycles. The van der Waals surface area contributed by atoms with Gasteiger partial charge in [0.05, 0.1) is 11.4 Å². The third-order valence-electron chi connectivity index (χ3n) is 3.56. The van der Waals surface area contributed by atoms with E-state index in [0.29, 0.717) is 5.82 Å². The van der Waals surface area contributed by atoms with Gasteiger partial charge in [-0.25, -0.2) is 4.98 Å². The van der Waals surface area contributed by atoms with Crippen LogP contribution in [0.5, 0.6) is 0 Å². The number of aromatic amines is 1. The third kappa shape index (κ3) is 3.42. The number of nitrogens with one attached hydrogen (secondary N) is 1. The lowest BCUT2D eigenvalue weighted by molar-refractivity contribution is 0.272. The number of hydrogen-bond donors (Lipinski definition) is 2. The Morgan fingerprint density at radius 3 is 2.26 bits per heavy atom. The van der Waals surface area contributed by atoms with E-state index in [0.717, 1.165) is 32.7 Å². The van der Waals surface area contributed by atoms with E-state index in [4.69, 9.17) is 0 Å². The number of hydrogen-bond acceptors (Lipinski definition) is 3. The molecule has 0 aliphatic rings. The van der Waals surface area contributed by atoms with Gasteiger partial charge in [-0.2, -0.15) is 0 Å². The van der Waals surface area contributed by atoms with Gasteiger partial charge in [-0.3, -0.25) is 4.21 Å². The molecule has 3 aromatic rings. The van der Waals surface area contributed by atoms with Crippen molar-refractivity contribution in [3.8, 4) is 22.5 Å². The van der Waals surface area contributed by atoms with E-state index in [9.17, 15) is 9.32 Å². The lowest BCUT2D eigenvalue weighted by Gasteiger charge is -2.05. The summed E-state index contributed by atoms with van der Waals surface area (Å²) in [6, 6.07) is 15.5. The van der Waals surface area contributed by atoms with Gasteiger partial charge in [-0.1, -0.05) is 36.4 Å². The maximum atomic E-state index is 11.5. The monoisotopic (exact) mass is 344 g/mol. The number of rotatable bonds is 4. The first-order valence-corrected chi connectivity index (χ1v) is 9.21.